The molecule has 0 bridgehead atoms. The van der Waals surface area contributed by atoms with E-state index in [0.717, 1.165) is 25.2 Å². The van der Waals surface area contributed by atoms with Gasteiger partial charge in [-0.15, -0.1) is 0 Å². The van der Waals surface area contributed by atoms with Gasteiger partial charge in [0.25, 0.3) is 0 Å². The molecule has 2 atom stereocenters. The molecule has 1 saturated heterocycles. The summed E-state index contributed by atoms with van der Waals surface area (Å²) in [4.78, 5) is 2.26. The Labute approximate surface area is 82.1 Å². The molecular weight excluding hydrogens is 184 g/mol. The lowest BCUT2D eigenvalue weighted by Gasteiger charge is -2.32. The molecule has 1 aliphatic heterocycles. The zero-order valence-electron chi connectivity index (χ0n) is 7.68. The van der Waals surface area contributed by atoms with Gasteiger partial charge in [0.2, 0.25) is 0 Å². The number of hydrogen-bond donors (Lipinski definition) is 1. The van der Waals surface area contributed by atoms with Crippen molar-refractivity contribution in [2.24, 2.45) is 5.73 Å². The predicted molar refractivity (Wildman–Crippen MR) is 52.7 cm³/mol. The van der Waals surface area contributed by atoms with Crippen LogP contribution in [0.25, 0.3) is 0 Å². The predicted octanol–water partition coefficient (Wildman–Crippen LogP) is 0.285. The third-order valence-corrected chi connectivity index (χ3v) is 2.95. The van der Waals surface area contributed by atoms with Gasteiger partial charge in [-0.2, -0.15) is 8.75 Å². The first kappa shape index (κ1) is 9.05. The van der Waals surface area contributed by atoms with Gasteiger partial charge in [0.05, 0.1) is 23.6 Å². The molecule has 1 aromatic heterocycles. The van der Waals surface area contributed by atoms with Crippen LogP contribution in [0.4, 0.5) is 0 Å². The smallest absolute Gasteiger partial charge is 0.0787 e. The van der Waals surface area contributed by atoms with E-state index in [0.29, 0.717) is 5.92 Å². The van der Waals surface area contributed by atoms with Crippen LogP contribution in [-0.2, 0) is 0 Å². The molecule has 72 valence electrons. The summed E-state index contributed by atoms with van der Waals surface area (Å²) in [7, 11) is 2.10. The number of likely N-dealkylation sites (tertiary alicyclic amines) is 1. The first-order chi connectivity index (χ1) is 6.25. The third kappa shape index (κ3) is 2.04. The molecular formula is C8H14N4S. The molecule has 2 rings (SSSR count). The van der Waals surface area contributed by atoms with E-state index in [1.807, 2.05) is 6.20 Å². The number of piperidine rings is 1. The summed E-state index contributed by atoms with van der Waals surface area (Å²) in [5.41, 5.74) is 7.04. The van der Waals surface area contributed by atoms with Crippen molar-refractivity contribution in [3.63, 3.8) is 0 Å². The van der Waals surface area contributed by atoms with Gasteiger partial charge in [0, 0.05) is 25.0 Å². The fourth-order valence-corrected chi connectivity index (χ4v) is 2.42. The maximum atomic E-state index is 5.94. The van der Waals surface area contributed by atoms with E-state index in [1.54, 1.807) is 0 Å². The quantitative estimate of drug-likeness (QED) is 0.704. The van der Waals surface area contributed by atoms with Crippen molar-refractivity contribution in [1.82, 2.24) is 13.6 Å². The minimum Gasteiger partial charge on any atom is -0.327 e. The number of rotatable bonds is 1. The highest BCUT2D eigenvalue weighted by molar-refractivity contribution is 6.99. The Morgan fingerprint density at radius 2 is 2.46 bits per heavy atom. The Morgan fingerprint density at radius 1 is 1.62 bits per heavy atom. The summed E-state index contributed by atoms with van der Waals surface area (Å²) in [5.74, 6) is 0.479. The monoisotopic (exact) mass is 198 g/mol. The Bertz CT molecular complexity index is 251. The van der Waals surface area contributed by atoms with Gasteiger partial charge >= 0.3 is 0 Å². The second-order valence-electron chi connectivity index (χ2n) is 3.75. The van der Waals surface area contributed by atoms with E-state index in [4.69, 9.17) is 5.73 Å². The average molecular weight is 198 g/mol. The third-order valence-electron chi connectivity index (χ3n) is 2.46. The number of aromatic nitrogens is 2. The van der Waals surface area contributed by atoms with Crippen LogP contribution in [0, 0.1) is 0 Å². The van der Waals surface area contributed by atoms with Gasteiger partial charge in [-0.05, 0) is 13.5 Å². The van der Waals surface area contributed by atoms with Gasteiger partial charge in [-0.1, -0.05) is 0 Å². The molecule has 13 heavy (non-hydrogen) atoms. The molecule has 2 N–H and O–H groups in total. The fraction of sp³-hybridized carbons (Fsp3) is 0.750. The topological polar surface area (TPSA) is 55.0 Å². The summed E-state index contributed by atoms with van der Waals surface area (Å²) < 4.78 is 8.28. The van der Waals surface area contributed by atoms with E-state index in [2.05, 4.69) is 20.7 Å². The van der Waals surface area contributed by atoms with Crippen molar-refractivity contribution in [2.45, 2.75) is 18.4 Å². The van der Waals surface area contributed by atoms with Gasteiger partial charge in [0.15, 0.2) is 0 Å². The summed E-state index contributed by atoms with van der Waals surface area (Å²) in [6.45, 7) is 2.05. The van der Waals surface area contributed by atoms with E-state index in [-0.39, 0.29) is 6.04 Å². The van der Waals surface area contributed by atoms with Crippen molar-refractivity contribution in [3.8, 4) is 0 Å². The highest BCUT2D eigenvalue weighted by Crippen LogP contribution is 2.24. The average Bonchev–Trinajstić information content (AvgIpc) is 2.53. The normalized spacial score (nSPS) is 30.6. The number of nitrogens with two attached hydrogens (primary N) is 1. The van der Waals surface area contributed by atoms with Crippen LogP contribution < -0.4 is 5.73 Å². The fourth-order valence-electron chi connectivity index (χ4n) is 1.93. The summed E-state index contributed by atoms with van der Waals surface area (Å²) in [6.07, 6.45) is 2.90. The maximum absolute atomic E-state index is 5.94. The highest BCUT2D eigenvalue weighted by atomic mass is 32.1. The number of hydrogen-bond acceptors (Lipinski definition) is 5. The molecule has 1 fully saturated rings. The highest BCUT2D eigenvalue weighted by Gasteiger charge is 2.25. The van der Waals surface area contributed by atoms with Crippen molar-refractivity contribution in [1.29, 1.82) is 0 Å². The molecule has 1 aliphatic rings. The number of nitrogens with zero attached hydrogens (tertiary/aromatic N) is 3. The van der Waals surface area contributed by atoms with Gasteiger partial charge in [-0.3, -0.25) is 0 Å². The molecule has 0 aromatic carbocycles. The Hall–Kier alpha value is -0.520. The minimum atomic E-state index is 0.283. The van der Waals surface area contributed by atoms with E-state index in [1.165, 1.54) is 11.7 Å². The molecule has 5 heteroatoms. The van der Waals surface area contributed by atoms with Crippen LogP contribution in [0.5, 0.6) is 0 Å². The lowest BCUT2D eigenvalue weighted by Crippen LogP contribution is -2.44. The second-order valence-corrected chi connectivity index (χ2v) is 4.30. The lowest BCUT2D eigenvalue weighted by molar-refractivity contribution is 0.225. The van der Waals surface area contributed by atoms with E-state index >= 15 is 0 Å². The SMILES string of the molecule is CN1CC(N)CC(c2cnsn2)C1. The molecule has 0 spiro atoms. The maximum Gasteiger partial charge on any atom is 0.0787 e. The van der Waals surface area contributed by atoms with Gasteiger partial charge in [0.1, 0.15) is 0 Å². The molecule has 0 aliphatic carbocycles. The van der Waals surface area contributed by atoms with Crippen LogP contribution >= 0.6 is 11.7 Å². The van der Waals surface area contributed by atoms with E-state index < -0.39 is 0 Å². The second kappa shape index (κ2) is 3.69. The Balaban J connectivity index is 2.07. The summed E-state index contributed by atoms with van der Waals surface area (Å²) in [5, 5.41) is 0. The Morgan fingerprint density at radius 3 is 3.08 bits per heavy atom. The molecule has 4 nitrogen and oxygen atoms in total. The van der Waals surface area contributed by atoms with Gasteiger partial charge in [-0.25, -0.2) is 0 Å². The summed E-state index contributed by atoms with van der Waals surface area (Å²) in [6, 6.07) is 0.283. The molecule has 2 unspecified atom stereocenters. The van der Waals surface area contributed by atoms with Crippen LogP contribution in [0.3, 0.4) is 0 Å². The van der Waals surface area contributed by atoms with Crippen LogP contribution in [-0.4, -0.2) is 39.8 Å². The van der Waals surface area contributed by atoms with Crippen molar-refractivity contribution in [3.05, 3.63) is 11.9 Å². The van der Waals surface area contributed by atoms with Crippen molar-refractivity contribution >= 4 is 11.7 Å². The minimum absolute atomic E-state index is 0.283. The largest absolute Gasteiger partial charge is 0.327 e. The first-order valence-corrected chi connectivity index (χ1v) is 5.20. The Kier molecular flexibility index (Phi) is 2.57. The van der Waals surface area contributed by atoms with Crippen molar-refractivity contribution in [2.75, 3.05) is 20.1 Å². The lowest BCUT2D eigenvalue weighted by atomic mass is 9.93. The van der Waals surface area contributed by atoms with Crippen LogP contribution in [0.2, 0.25) is 0 Å². The standard InChI is InChI=1S/C8H14N4S/c1-12-4-6(2-7(9)5-12)8-3-10-13-11-8/h3,6-7H,2,4-5,9H2,1H3. The summed E-state index contributed by atoms with van der Waals surface area (Å²) >= 11 is 1.28. The van der Waals surface area contributed by atoms with Crippen molar-refractivity contribution < 1.29 is 0 Å². The molecule has 2 heterocycles. The zero-order valence-corrected chi connectivity index (χ0v) is 8.50. The molecule has 1 aromatic rings. The van der Waals surface area contributed by atoms with E-state index in [9.17, 15) is 0 Å². The van der Waals surface area contributed by atoms with Gasteiger partial charge < -0.3 is 10.6 Å². The van der Waals surface area contributed by atoms with Crippen LogP contribution in [0.15, 0.2) is 6.20 Å². The molecule has 0 radical (unpaired) electrons. The number of likely N-dealkylation sites (N-methyl/N-ethyl adjacent to an activating group) is 1. The first-order valence-electron chi connectivity index (χ1n) is 4.47. The van der Waals surface area contributed by atoms with Crippen LogP contribution in [0.1, 0.15) is 18.0 Å². The molecule has 0 amide bonds. The molecule has 0 saturated carbocycles. The zero-order chi connectivity index (χ0) is 9.26.